The summed E-state index contributed by atoms with van der Waals surface area (Å²) in [5.41, 5.74) is 2.15. The Morgan fingerprint density at radius 1 is 0.923 bits per heavy atom. The van der Waals surface area contributed by atoms with E-state index in [0.29, 0.717) is 37.9 Å². The highest BCUT2D eigenvalue weighted by molar-refractivity contribution is 8.01. The van der Waals surface area contributed by atoms with Crippen molar-refractivity contribution in [3.05, 3.63) is 115 Å². The Labute approximate surface area is 319 Å². The number of para-hydroxylation sites is 1. The zero-order valence-corrected chi connectivity index (χ0v) is 32.7. The van der Waals surface area contributed by atoms with Crippen molar-refractivity contribution in [2.75, 3.05) is 26.4 Å². The van der Waals surface area contributed by atoms with Gasteiger partial charge in [0.1, 0.15) is 30.6 Å². The van der Waals surface area contributed by atoms with Gasteiger partial charge in [0.15, 0.2) is 5.76 Å². The number of carbonyl (C=O) groups is 2. The van der Waals surface area contributed by atoms with Crippen LogP contribution in [0.4, 0.5) is 0 Å². The average Bonchev–Trinajstić information content (AvgIpc) is 3.16. The minimum absolute atomic E-state index is 0.00271. The van der Waals surface area contributed by atoms with Crippen molar-refractivity contribution >= 4 is 58.0 Å². The topological polar surface area (TPSA) is 116 Å². The number of hydrogen-bond acceptors (Lipinski definition) is 9. The van der Waals surface area contributed by atoms with E-state index in [2.05, 4.69) is 30.0 Å². The molecule has 278 valence electrons. The lowest BCUT2D eigenvalue weighted by Gasteiger charge is -2.18. The third-order valence-electron chi connectivity index (χ3n) is 7.48. The molecule has 0 saturated heterocycles. The maximum Gasteiger partial charge on any atom is 0.325 e. The molecule has 0 saturated carbocycles. The summed E-state index contributed by atoms with van der Waals surface area (Å²) in [4.78, 5) is 40.0. The van der Waals surface area contributed by atoms with Gasteiger partial charge in [0.05, 0.1) is 17.0 Å². The number of rotatable bonds is 17. The van der Waals surface area contributed by atoms with Crippen LogP contribution in [0.5, 0.6) is 11.5 Å². The van der Waals surface area contributed by atoms with Crippen LogP contribution in [0.1, 0.15) is 64.7 Å². The van der Waals surface area contributed by atoms with Crippen molar-refractivity contribution in [3.63, 3.8) is 0 Å². The lowest BCUT2D eigenvalue weighted by atomic mass is 10.1. The van der Waals surface area contributed by atoms with Crippen LogP contribution in [-0.4, -0.2) is 44.3 Å². The van der Waals surface area contributed by atoms with Gasteiger partial charge >= 0.3 is 5.97 Å². The Hall–Kier alpha value is -4.22. The van der Waals surface area contributed by atoms with Crippen molar-refractivity contribution in [2.24, 2.45) is 0 Å². The van der Waals surface area contributed by atoms with E-state index in [1.165, 1.54) is 17.5 Å². The highest BCUT2D eigenvalue weighted by Crippen LogP contribution is 2.36. The summed E-state index contributed by atoms with van der Waals surface area (Å²) in [6, 6.07) is 17.5. The summed E-state index contributed by atoms with van der Waals surface area (Å²) in [6.45, 7) is 12.3. The molecule has 0 aliphatic carbocycles. The zero-order valence-electron chi connectivity index (χ0n) is 30.3. The van der Waals surface area contributed by atoms with Gasteiger partial charge < -0.3 is 23.9 Å². The minimum Gasteiger partial charge on any atom is -0.490 e. The average molecular weight is 770 g/mol. The van der Waals surface area contributed by atoms with Gasteiger partial charge in [-0.15, -0.1) is 0 Å². The SMILES string of the molecule is CC.CCOC(=O)C(CNC(=O)c1ccc(OCCOc2c(-c3ccc(Cl)cc3Cl)oc3ccccc3c2=O)cc1)NS/C(=C/C=C(/C)CC)CC. The number of halogens is 2. The largest absolute Gasteiger partial charge is 0.490 e. The van der Waals surface area contributed by atoms with Gasteiger partial charge in [-0.1, -0.05) is 80.8 Å². The zero-order chi connectivity index (χ0) is 38.0. The molecule has 0 spiro atoms. The van der Waals surface area contributed by atoms with E-state index < -0.39 is 12.0 Å². The molecule has 1 heterocycles. The summed E-state index contributed by atoms with van der Waals surface area (Å²) in [6.07, 6.45) is 5.83. The number of fused-ring (bicyclic) bond motifs is 1. The van der Waals surface area contributed by atoms with Crippen LogP contribution in [-0.2, 0) is 9.53 Å². The first-order chi connectivity index (χ1) is 25.1. The van der Waals surface area contributed by atoms with Crippen molar-refractivity contribution in [1.82, 2.24) is 10.0 Å². The smallest absolute Gasteiger partial charge is 0.325 e. The van der Waals surface area contributed by atoms with Gasteiger partial charge in [-0.05, 0) is 93.2 Å². The second kappa shape index (κ2) is 22.0. The Morgan fingerprint density at radius 2 is 1.63 bits per heavy atom. The van der Waals surface area contributed by atoms with Gasteiger partial charge in [-0.25, -0.2) is 4.72 Å². The highest BCUT2D eigenvalue weighted by atomic mass is 35.5. The number of hydrogen-bond donors (Lipinski definition) is 2. The number of allylic oxidation sites excluding steroid dienone is 4. The van der Waals surface area contributed by atoms with Crippen LogP contribution in [0.25, 0.3) is 22.3 Å². The molecule has 0 bridgehead atoms. The lowest BCUT2D eigenvalue weighted by Crippen LogP contribution is -2.44. The molecular weight excluding hydrogens is 723 g/mol. The third kappa shape index (κ3) is 12.2. The van der Waals surface area contributed by atoms with E-state index in [0.717, 1.165) is 17.7 Å². The Bertz CT molecular complexity index is 1910. The first-order valence-electron chi connectivity index (χ1n) is 17.3. The highest BCUT2D eigenvalue weighted by Gasteiger charge is 2.22. The van der Waals surface area contributed by atoms with E-state index in [-0.39, 0.29) is 49.2 Å². The first-order valence-corrected chi connectivity index (χ1v) is 18.8. The number of carbonyl (C=O) groups excluding carboxylic acids is 2. The van der Waals surface area contributed by atoms with Gasteiger partial charge in [0, 0.05) is 27.6 Å². The molecule has 0 radical (unpaired) electrons. The Kier molecular flexibility index (Phi) is 17.8. The predicted molar refractivity (Wildman–Crippen MR) is 213 cm³/mol. The summed E-state index contributed by atoms with van der Waals surface area (Å²) in [5.74, 6) is -0.128. The number of nitrogens with one attached hydrogen (secondary N) is 2. The first kappa shape index (κ1) is 42.2. The summed E-state index contributed by atoms with van der Waals surface area (Å²) < 4.78 is 26.2. The van der Waals surface area contributed by atoms with Crippen LogP contribution in [0, 0.1) is 0 Å². The molecule has 2 N–H and O–H groups in total. The molecule has 1 unspecified atom stereocenters. The van der Waals surface area contributed by atoms with Crippen molar-refractivity contribution < 1.29 is 28.2 Å². The van der Waals surface area contributed by atoms with Gasteiger partial charge in [-0.2, -0.15) is 0 Å². The molecule has 52 heavy (non-hydrogen) atoms. The second-order valence-corrected chi connectivity index (χ2v) is 12.8. The van der Waals surface area contributed by atoms with E-state index in [4.69, 9.17) is 41.8 Å². The number of benzene rings is 3. The summed E-state index contributed by atoms with van der Waals surface area (Å²) in [7, 11) is 0. The number of amides is 1. The van der Waals surface area contributed by atoms with Crippen LogP contribution in [0.3, 0.4) is 0 Å². The van der Waals surface area contributed by atoms with E-state index in [1.54, 1.807) is 73.7 Å². The molecule has 4 aromatic rings. The lowest BCUT2D eigenvalue weighted by molar-refractivity contribution is -0.144. The van der Waals surface area contributed by atoms with E-state index in [9.17, 15) is 14.4 Å². The number of esters is 1. The molecule has 9 nitrogen and oxygen atoms in total. The standard InChI is InChI=1S/C38H40Cl2N2O7S.C2H6/c1-5-24(4)12-18-28(6-2)50-42-32(38(45)46-7-3)23-41-37(44)25-13-16-27(17-14-25)47-20-21-48-36-34(43)30-10-8-9-11-33(30)49-35(36)29-19-15-26(39)22-31(29)40;1-2/h8-19,22,32,42H,5-7,20-21,23H2,1-4H3,(H,41,44);1-2H3/b24-12-,28-18+;. The molecule has 0 aliphatic heterocycles. The van der Waals surface area contributed by atoms with Crippen molar-refractivity contribution in [1.29, 1.82) is 0 Å². The van der Waals surface area contributed by atoms with Crippen molar-refractivity contribution in [2.45, 2.75) is 60.4 Å². The van der Waals surface area contributed by atoms with Crippen LogP contribution >= 0.6 is 35.1 Å². The molecule has 0 aliphatic rings. The number of ether oxygens (including phenoxy) is 3. The van der Waals surface area contributed by atoms with Crippen LogP contribution in [0.2, 0.25) is 10.0 Å². The molecule has 1 amide bonds. The quantitative estimate of drug-likeness (QED) is 0.0469. The molecule has 4 rings (SSSR count). The molecule has 0 fully saturated rings. The summed E-state index contributed by atoms with van der Waals surface area (Å²) in [5, 5.41) is 3.93. The normalized spacial score (nSPS) is 12.1. The van der Waals surface area contributed by atoms with E-state index in [1.807, 2.05) is 26.8 Å². The maximum atomic E-state index is 13.4. The van der Waals surface area contributed by atoms with Gasteiger partial charge in [0.25, 0.3) is 5.91 Å². The predicted octanol–water partition coefficient (Wildman–Crippen LogP) is 9.80. The third-order valence-corrected chi connectivity index (χ3v) is 9.11. The fourth-order valence-corrected chi connectivity index (χ4v) is 5.80. The Morgan fingerprint density at radius 3 is 2.31 bits per heavy atom. The Balaban J connectivity index is 0.00000358. The molecular formula is C40H46Cl2N2O7S. The van der Waals surface area contributed by atoms with Gasteiger partial charge in [-0.3, -0.25) is 14.4 Å². The fraction of sp³-hybridized carbons (Fsp3) is 0.325. The van der Waals surface area contributed by atoms with E-state index >= 15 is 0 Å². The second-order valence-electron chi connectivity index (χ2n) is 11.0. The minimum atomic E-state index is -0.751. The molecule has 1 atom stereocenters. The monoisotopic (exact) mass is 768 g/mol. The summed E-state index contributed by atoms with van der Waals surface area (Å²) >= 11 is 13.9. The maximum absolute atomic E-state index is 13.4. The van der Waals surface area contributed by atoms with Crippen molar-refractivity contribution in [3.8, 4) is 22.8 Å². The fourth-order valence-electron chi connectivity index (χ4n) is 4.55. The molecule has 3 aromatic carbocycles. The molecule has 1 aromatic heterocycles. The molecule has 12 heteroatoms. The van der Waals surface area contributed by atoms with Gasteiger partial charge in [0.2, 0.25) is 11.2 Å². The van der Waals surface area contributed by atoms with Crippen LogP contribution in [0.15, 0.2) is 98.6 Å². The van der Waals surface area contributed by atoms with Crippen LogP contribution < -0.4 is 24.9 Å².